The first-order valence-electron chi connectivity index (χ1n) is 7.99. The molecule has 3 aromatic rings. The van der Waals surface area contributed by atoms with Crippen molar-refractivity contribution in [1.29, 1.82) is 0 Å². The molecule has 0 aliphatic rings. The van der Waals surface area contributed by atoms with Crippen molar-refractivity contribution in [1.82, 2.24) is 0 Å². The van der Waals surface area contributed by atoms with E-state index < -0.39 is 0 Å². The second-order valence-electron chi connectivity index (χ2n) is 5.88. The summed E-state index contributed by atoms with van der Waals surface area (Å²) in [7, 11) is 3.22. The number of benzene rings is 2. The van der Waals surface area contributed by atoms with Gasteiger partial charge in [-0.05, 0) is 55.6 Å². The van der Waals surface area contributed by atoms with E-state index in [0.29, 0.717) is 21.9 Å². The van der Waals surface area contributed by atoms with Gasteiger partial charge in [-0.1, -0.05) is 0 Å². The highest BCUT2D eigenvalue weighted by Crippen LogP contribution is 2.37. The van der Waals surface area contributed by atoms with E-state index in [0.717, 1.165) is 15.8 Å². The number of thiophene rings is 1. The van der Waals surface area contributed by atoms with Crippen LogP contribution < -0.4 is 14.2 Å². The van der Waals surface area contributed by atoms with Crippen LogP contribution >= 0.6 is 11.3 Å². The Morgan fingerprint density at radius 2 is 1.68 bits per heavy atom. The van der Waals surface area contributed by atoms with E-state index in [2.05, 4.69) is 0 Å². The van der Waals surface area contributed by atoms with Crippen molar-refractivity contribution in [2.45, 2.75) is 20.0 Å². The smallest absolute Gasteiger partial charge is 0.202 e. The molecule has 0 saturated carbocycles. The molecule has 2 aromatic carbocycles. The number of rotatable bonds is 6. The van der Waals surface area contributed by atoms with Gasteiger partial charge in [0.05, 0.1) is 25.2 Å². The molecular weight excluding hydrogens is 336 g/mol. The van der Waals surface area contributed by atoms with Crippen LogP contribution in [-0.4, -0.2) is 26.1 Å². The Bertz CT molecular complexity index is 894. The lowest BCUT2D eigenvalue weighted by atomic mass is 10.1. The average molecular weight is 356 g/mol. The lowest BCUT2D eigenvalue weighted by Crippen LogP contribution is -2.06. The maximum Gasteiger partial charge on any atom is 0.202 e. The predicted octanol–water partition coefficient (Wildman–Crippen LogP) is 4.94. The first kappa shape index (κ1) is 17.3. The first-order valence-corrected chi connectivity index (χ1v) is 8.80. The van der Waals surface area contributed by atoms with Crippen LogP contribution in [0.1, 0.15) is 29.1 Å². The summed E-state index contributed by atoms with van der Waals surface area (Å²) in [5.41, 5.74) is 0.637. The SMILES string of the molecule is COc1ccc(C(=O)c2cc3cc(OC(C)C)c(OC)cc3s2)cc1. The molecule has 0 N–H and O–H groups in total. The van der Waals surface area contributed by atoms with E-state index in [1.165, 1.54) is 11.3 Å². The lowest BCUT2D eigenvalue weighted by Gasteiger charge is -2.13. The van der Waals surface area contributed by atoms with E-state index >= 15 is 0 Å². The topological polar surface area (TPSA) is 44.8 Å². The molecule has 1 aromatic heterocycles. The van der Waals surface area contributed by atoms with Crippen molar-refractivity contribution in [3.63, 3.8) is 0 Å². The van der Waals surface area contributed by atoms with Gasteiger partial charge in [-0.3, -0.25) is 4.79 Å². The first-order chi connectivity index (χ1) is 12.0. The van der Waals surface area contributed by atoms with E-state index in [4.69, 9.17) is 14.2 Å². The van der Waals surface area contributed by atoms with Crippen LogP contribution in [0.25, 0.3) is 10.1 Å². The third-order valence-electron chi connectivity index (χ3n) is 3.74. The highest BCUT2D eigenvalue weighted by molar-refractivity contribution is 7.21. The van der Waals surface area contributed by atoms with Crippen LogP contribution in [0, 0.1) is 0 Å². The summed E-state index contributed by atoms with van der Waals surface area (Å²) in [6.45, 7) is 3.94. The van der Waals surface area contributed by atoms with Gasteiger partial charge in [-0.15, -0.1) is 11.3 Å². The number of fused-ring (bicyclic) bond motifs is 1. The van der Waals surface area contributed by atoms with Crippen LogP contribution in [0.2, 0.25) is 0 Å². The Labute approximate surface area is 151 Å². The maximum atomic E-state index is 12.7. The van der Waals surface area contributed by atoms with Crippen molar-refractivity contribution >= 4 is 27.2 Å². The molecular formula is C20H20O4S. The summed E-state index contributed by atoms with van der Waals surface area (Å²) in [4.78, 5) is 13.4. The highest BCUT2D eigenvalue weighted by Gasteiger charge is 2.16. The molecule has 1 heterocycles. The Hall–Kier alpha value is -2.53. The van der Waals surface area contributed by atoms with Gasteiger partial charge in [0.1, 0.15) is 5.75 Å². The normalized spacial score (nSPS) is 10.9. The summed E-state index contributed by atoms with van der Waals surface area (Å²) < 4.78 is 17.3. The number of hydrogen-bond donors (Lipinski definition) is 0. The van der Waals surface area contributed by atoms with E-state index in [9.17, 15) is 4.79 Å². The van der Waals surface area contributed by atoms with E-state index in [-0.39, 0.29) is 11.9 Å². The summed E-state index contributed by atoms with van der Waals surface area (Å²) >= 11 is 1.45. The minimum atomic E-state index is -0.00542. The second-order valence-corrected chi connectivity index (χ2v) is 6.96. The molecule has 130 valence electrons. The molecule has 0 saturated heterocycles. The van der Waals surface area contributed by atoms with Crippen LogP contribution in [0.3, 0.4) is 0 Å². The number of carbonyl (C=O) groups is 1. The highest BCUT2D eigenvalue weighted by atomic mass is 32.1. The van der Waals surface area contributed by atoms with Crippen LogP contribution in [0.15, 0.2) is 42.5 Å². The lowest BCUT2D eigenvalue weighted by molar-refractivity contribution is 0.104. The Balaban J connectivity index is 1.98. The number of methoxy groups -OCH3 is 2. The Morgan fingerprint density at radius 3 is 2.28 bits per heavy atom. The van der Waals surface area contributed by atoms with Crippen LogP contribution in [0.4, 0.5) is 0 Å². The fourth-order valence-corrected chi connectivity index (χ4v) is 3.58. The van der Waals surface area contributed by atoms with E-state index in [1.54, 1.807) is 38.5 Å². The molecule has 3 rings (SSSR count). The van der Waals surface area contributed by atoms with Gasteiger partial charge >= 0.3 is 0 Å². The molecule has 0 amide bonds. The summed E-state index contributed by atoms with van der Waals surface area (Å²) in [6.07, 6.45) is 0.0467. The van der Waals surface area contributed by atoms with Gasteiger partial charge in [-0.25, -0.2) is 0 Å². The van der Waals surface area contributed by atoms with E-state index in [1.807, 2.05) is 32.0 Å². The second kappa shape index (κ2) is 7.15. The van der Waals surface area contributed by atoms with Crippen molar-refractivity contribution in [3.8, 4) is 17.2 Å². The largest absolute Gasteiger partial charge is 0.497 e. The van der Waals surface area contributed by atoms with Crippen molar-refractivity contribution in [2.75, 3.05) is 14.2 Å². The summed E-state index contributed by atoms with van der Waals surface area (Å²) in [5.74, 6) is 2.08. The minimum Gasteiger partial charge on any atom is -0.497 e. The molecule has 5 heteroatoms. The van der Waals surface area contributed by atoms with Gasteiger partial charge in [0.15, 0.2) is 11.5 Å². The van der Waals surface area contributed by atoms with Gasteiger partial charge in [0.2, 0.25) is 5.78 Å². The van der Waals surface area contributed by atoms with Crippen molar-refractivity contribution < 1.29 is 19.0 Å². The zero-order valence-corrected chi connectivity index (χ0v) is 15.5. The number of ketones is 1. The Kier molecular flexibility index (Phi) is 4.95. The zero-order chi connectivity index (χ0) is 18.0. The maximum absolute atomic E-state index is 12.7. The predicted molar refractivity (Wildman–Crippen MR) is 101 cm³/mol. The van der Waals surface area contributed by atoms with Gasteiger partial charge in [-0.2, -0.15) is 0 Å². The molecule has 0 radical (unpaired) electrons. The number of carbonyl (C=O) groups excluding carboxylic acids is 1. The monoisotopic (exact) mass is 356 g/mol. The molecule has 4 nitrogen and oxygen atoms in total. The summed E-state index contributed by atoms with van der Waals surface area (Å²) in [6, 6.07) is 12.9. The minimum absolute atomic E-state index is 0.00542. The van der Waals surface area contributed by atoms with Gasteiger partial charge in [0.25, 0.3) is 0 Å². The Morgan fingerprint density at radius 1 is 0.960 bits per heavy atom. The molecule has 0 bridgehead atoms. The van der Waals surface area contributed by atoms with Crippen molar-refractivity contribution in [3.05, 3.63) is 52.9 Å². The van der Waals surface area contributed by atoms with Gasteiger partial charge < -0.3 is 14.2 Å². The molecule has 0 atom stereocenters. The molecule has 25 heavy (non-hydrogen) atoms. The van der Waals surface area contributed by atoms with Crippen LogP contribution in [0.5, 0.6) is 17.2 Å². The average Bonchev–Trinajstić information content (AvgIpc) is 3.02. The third kappa shape index (κ3) is 3.61. The fourth-order valence-electron chi connectivity index (χ4n) is 2.55. The van der Waals surface area contributed by atoms with Crippen molar-refractivity contribution in [2.24, 2.45) is 0 Å². The number of hydrogen-bond acceptors (Lipinski definition) is 5. The zero-order valence-electron chi connectivity index (χ0n) is 14.7. The molecule has 0 unspecified atom stereocenters. The molecule has 0 fully saturated rings. The molecule has 0 aliphatic heterocycles. The molecule has 0 spiro atoms. The quantitative estimate of drug-likeness (QED) is 0.587. The number of ether oxygens (including phenoxy) is 3. The third-order valence-corrected chi connectivity index (χ3v) is 4.84. The molecule has 0 aliphatic carbocycles. The summed E-state index contributed by atoms with van der Waals surface area (Å²) in [5, 5.41) is 0.971. The van der Waals surface area contributed by atoms with Crippen LogP contribution in [-0.2, 0) is 0 Å². The fraction of sp³-hybridized carbons (Fsp3) is 0.250. The van der Waals surface area contributed by atoms with Gasteiger partial charge in [0, 0.05) is 16.3 Å². The standard InChI is InChI=1S/C20H20O4S/c1-12(2)24-17-9-14-10-19(25-18(14)11-16(17)23-4)20(21)13-5-7-15(22-3)8-6-13/h5-12H,1-4H3.